The van der Waals surface area contributed by atoms with Gasteiger partial charge in [0.25, 0.3) is 5.91 Å². The van der Waals surface area contributed by atoms with E-state index in [1.165, 1.54) is 16.7 Å². The fourth-order valence-corrected chi connectivity index (χ4v) is 5.78. The molecule has 0 aliphatic carbocycles. The van der Waals surface area contributed by atoms with Gasteiger partial charge in [0.15, 0.2) is 5.17 Å². The van der Waals surface area contributed by atoms with E-state index < -0.39 is 11.3 Å². The number of amides is 3. The molecule has 2 aliphatic rings. The van der Waals surface area contributed by atoms with Gasteiger partial charge in [-0.25, -0.2) is 9.89 Å². The minimum atomic E-state index is -0.718. The lowest BCUT2D eigenvalue weighted by Gasteiger charge is -2.27. The molecule has 0 unspecified atom stereocenters. The number of nitrogens with one attached hydrogen (secondary N) is 2. The van der Waals surface area contributed by atoms with E-state index in [1.54, 1.807) is 7.11 Å². The van der Waals surface area contributed by atoms with Gasteiger partial charge in [0.2, 0.25) is 11.8 Å². The lowest BCUT2D eigenvalue weighted by molar-refractivity contribution is -0.125. The van der Waals surface area contributed by atoms with Crippen LogP contribution in [0, 0.1) is 6.92 Å². The first-order valence-corrected chi connectivity index (χ1v) is 14.8. The number of nitrogens with zero attached hydrogens (tertiary/aromatic N) is 3. The predicted octanol–water partition coefficient (Wildman–Crippen LogP) is 5.21. The van der Waals surface area contributed by atoms with Crippen molar-refractivity contribution in [2.24, 2.45) is 9.98 Å². The Morgan fingerprint density at radius 3 is 2.60 bits per heavy atom. The summed E-state index contributed by atoms with van der Waals surface area (Å²) in [6, 6.07) is 21.9. The molecule has 42 heavy (non-hydrogen) atoms. The van der Waals surface area contributed by atoms with E-state index >= 15 is 0 Å². The van der Waals surface area contributed by atoms with Crippen LogP contribution in [0.15, 0.2) is 82.8 Å². The van der Waals surface area contributed by atoms with E-state index in [1.807, 2.05) is 86.6 Å². The standard InChI is InChI=1S/C32H33N5O4S/c1-4-27(30(39)34-22-9-7-8-20(2)18-22)42-32-36-25-11-6-5-10-24(25)29-35-26(31(40)37(29)32)16-17-28(38)33-19-21-12-14-23(41-3)15-13-21/h5-15,18,26-27H,4,16-17,19H2,1-3H3,(H,33,38)(H,34,39)/t26-,27-/m1/s1. The molecule has 0 radical (unpaired) electrons. The Morgan fingerprint density at radius 2 is 1.86 bits per heavy atom. The van der Waals surface area contributed by atoms with Crippen molar-refractivity contribution in [3.8, 4) is 5.75 Å². The molecule has 2 atom stereocenters. The van der Waals surface area contributed by atoms with E-state index in [0.29, 0.717) is 29.7 Å². The third-order valence-electron chi connectivity index (χ3n) is 7.04. The minimum absolute atomic E-state index is 0.148. The highest BCUT2D eigenvalue weighted by atomic mass is 32.2. The number of carbonyl (C=O) groups excluding carboxylic acids is 3. The molecule has 2 N–H and O–H groups in total. The number of para-hydroxylation sites is 1. The summed E-state index contributed by atoms with van der Waals surface area (Å²) in [4.78, 5) is 50.5. The summed E-state index contributed by atoms with van der Waals surface area (Å²) < 4.78 is 5.17. The van der Waals surface area contributed by atoms with Gasteiger partial charge in [-0.1, -0.05) is 55.1 Å². The van der Waals surface area contributed by atoms with Crippen LogP contribution in [0.5, 0.6) is 5.75 Å². The number of rotatable bonds is 10. The average molecular weight is 584 g/mol. The van der Waals surface area contributed by atoms with E-state index in [-0.39, 0.29) is 30.6 Å². The number of anilines is 1. The highest BCUT2D eigenvalue weighted by Crippen LogP contribution is 2.36. The van der Waals surface area contributed by atoms with Crippen molar-refractivity contribution in [2.75, 3.05) is 12.4 Å². The number of thioether (sulfide) groups is 1. The van der Waals surface area contributed by atoms with Crippen molar-refractivity contribution < 1.29 is 19.1 Å². The summed E-state index contributed by atoms with van der Waals surface area (Å²) in [5.41, 5.74) is 4.16. The number of aryl methyl sites for hydroxylation is 1. The van der Waals surface area contributed by atoms with Gasteiger partial charge in [-0.3, -0.25) is 19.4 Å². The zero-order chi connectivity index (χ0) is 29.6. The topological polar surface area (TPSA) is 112 Å². The van der Waals surface area contributed by atoms with Crippen LogP contribution in [0.4, 0.5) is 11.4 Å². The largest absolute Gasteiger partial charge is 0.497 e. The van der Waals surface area contributed by atoms with Crippen molar-refractivity contribution in [1.82, 2.24) is 10.2 Å². The lowest BCUT2D eigenvalue weighted by atomic mass is 10.1. The predicted molar refractivity (Wildman–Crippen MR) is 166 cm³/mol. The molecule has 0 saturated carbocycles. The van der Waals surface area contributed by atoms with Gasteiger partial charge >= 0.3 is 0 Å². The van der Waals surface area contributed by atoms with Crippen LogP contribution < -0.4 is 15.4 Å². The van der Waals surface area contributed by atoms with Crippen molar-refractivity contribution >= 4 is 51.9 Å². The summed E-state index contributed by atoms with van der Waals surface area (Å²) in [6.45, 7) is 4.28. The Bertz CT molecular complexity index is 1550. The van der Waals surface area contributed by atoms with Gasteiger partial charge < -0.3 is 15.4 Å². The van der Waals surface area contributed by atoms with Crippen molar-refractivity contribution in [1.29, 1.82) is 0 Å². The molecule has 2 heterocycles. The van der Waals surface area contributed by atoms with Gasteiger partial charge in [0.05, 0.1) is 18.0 Å². The number of methoxy groups -OCH3 is 1. The maximum atomic E-state index is 13.7. The molecule has 9 nitrogen and oxygen atoms in total. The van der Waals surface area contributed by atoms with Crippen LogP contribution in [0.3, 0.4) is 0 Å². The van der Waals surface area contributed by atoms with E-state index in [2.05, 4.69) is 10.6 Å². The average Bonchev–Trinajstić information content (AvgIpc) is 3.34. The van der Waals surface area contributed by atoms with Crippen LogP contribution in [0.2, 0.25) is 0 Å². The molecule has 0 bridgehead atoms. The molecule has 216 valence electrons. The van der Waals surface area contributed by atoms with Crippen LogP contribution in [0.25, 0.3) is 0 Å². The van der Waals surface area contributed by atoms with Crippen LogP contribution in [-0.2, 0) is 20.9 Å². The van der Waals surface area contributed by atoms with Crippen molar-refractivity contribution in [2.45, 2.75) is 50.9 Å². The number of hydrogen-bond acceptors (Lipinski definition) is 7. The Morgan fingerprint density at radius 1 is 1.07 bits per heavy atom. The second-order valence-corrected chi connectivity index (χ2v) is 11.3. The molecular formula is C32H33N5O4S. The third-order valence-corrected chi connectivity index (χ3v) is 8.35. The Kier molecular flexibility index (Phi) is 9.02. The lowest BCUT2D eigenvalue weighted by Crippen LogP contribution is -2.42. The first-order valence-electron chi connectivity index (χ1n) is 13.9. The van der Waals surface area contributed by atoms with E-state index in [4.69, 9.17) is 14.7 Å². The zero-order valence-corrected chi connectivity index (χ0v) is 24.6. The van der Waals surface area contributed by atoms with E-state index in [9.17, 15) is 14.4 Å². The number of aliphatic imine (C=N–C) groups is 2. The number of carbonyl (C=O) groups is 3. The highest BCUT2D eigenvalue weighted by Gasteiger charge is 2.42. The van der Waals surface area contributed by atoms with Gasteiger partial charge in [-0.2, -0.15) is 0 Å². The molecule has 3 aromatic carbocycles. The molecule has 3 aromatic rings. The van der Waals surface area contributed by atoms with Crippen LogP contribution in [-0.4, -0.2) is 52.0 Å². The van der Waals surface area contributed by atoms with Crippen molar-refractivity contribution in [3.05, 3.63) is 89.5 Å². The Labute approximate surface area is 249 Å². The fourth-order valence-electron chi connectivity index (χ4n) is 4.76. The molecule has 2 aliphatic heterocycles. The summed E-state index contributed by atoms with van der Waals surface area (Å²) in [5, 5.41) is 5.82. The summed E-state index contributed by atoms with van der Waals surface area (Å²) in [7, 11) is 1.61. The molecule has 0 aromatic heterocycles. The zero-order valence-electron chi connectivity index (χ0n) is 23.8. The van der Waals surface area contributed by atoms with Gasteiger partial charge in [-0.15, -0.1) is 0 Å². The molecule has 0 fully saturated rings. The van der Waals surface area contributed by atoms with Gasteiger partial charge in [-0.05, 0) is 67.3 Å². The van der Waals surface area contributed by atoms with Crippen molar-refractivity contribution in [3.63, 3.8) is 0 Å². The quantitative estimate of drug-likeness (QED) is 0.340. The maximum absolute atomic E-state index is 13.7. The Balaban J connectivity index is 1.27. The molecule has 0 saturated heterocycles. The SMILES string of the molecule is CC[C@@H](SC1=Nc2ccccc2C2=N[C@H](CCC(=O)NCc3ccc(OC)cc3)C(=O)N12)C(=O)Nc1cccc(C)c1. The van der Waals surface area contributed by atoms with E-state index in [0.717, 1.165) is 28.1 Å². The molecule has 5 rings (SSSR count). The van der Waals surface area contributed by atoms with Gasteiger partial charge in [0.1, 0.15) is 17.6 Å². The summed E-state index contributed by atoms with van der Waals surface area (Å²) >= 11 is 1.25. The molecule has 10 heteroatoms. The normalized spacial score (nSPS) is 16.1. The fraction of sp³-hybridized carbons (Fsp3) is 0.281. The second-order valence-electron chi connectivity index (χ2n) is 10.1. The second kappa shape index (κ2) is 13.0. The minimum Gasteiger partial charge on any atom is -0.497 e. The number of ether oxygens (including phenoxy) is 1. The monoisotopic (exact) mass is 583 g/mol. The molecular weight excluding hydrogens is 550 g/mol. The summed E-state index contributed by atoms with van der Waals surface area (Å²) in [6.07, 6.45) is 0.947. The Hall–Kier alpha value is -4.44. The highest BCUT2D eigenvalue weighted by molar-refractivity contribution is 8.15. The van der Waals surface area contributed by atoms with Gasteiger partial charge in [0, 0.05) is 24.2 Å². The first-order chi connectivity index (χ1) is 20.4. The number of amidine groups is 2. The van der Waals surface area contributed by atoms with Crippen LogP contribution in [0.1, 0.15) is 42.9 Å². The molecule has 3 amide bonds. The number of benzene rings is 3. The van der Waals surface area contributed by atoms with Crippen LogP contribution >= 0.6 is 11.8 Å². The third kappa shape index (κ3) is 6.54. The summed E-state index contributed by atoms with van der Waals surface area (Å²) in [5.74, 6) is 0.685. The maximum Gasteiger partial charge on any atom is 0.259 e. The smallest absolute Gasteiger partial charge is 0.259 e. The first kappa shape index (κ1) is 29.1. The number of fused-ring (bicyclic) bond motifs is 3. The molecule has 0 spiro atoms. The number of hydrogen-bond donors (Lipinski definition) is 2.